The van der Waals surface area contributed by atoms with E-state index in [1.54, 1.807) is 29.8 Å². The summed E-state index contributed by atoms with van der Waals surface area (Å²) >= 11 is 2.85. The first-order valence-electron chi connectivity index (χ1n) is 10.8. The van der Waals surface area contributed by atoms with Crippen molar-refractivity contribution in [2.24, 2.45) is 0 Å². The van der Waals surface area contributed by atoms with Crippen LogP contribution in [0, 0.1) is 0 Å². The minimum Gasteiger partial charge on any atom is -0.338 e. The lowest BCUT2D eigenvalue weighted by Crippen LogP contribution is -2.42. The molecule has 1 aliphatic rings. The van der Waals surface area contributed by atoms with Gasteiger partial charge in [0.2, 0.25) is 5.91 Å². The maximum Gasteiger partial charge on any atom is 0.321 e. The second kappa shape index (κ2) is 10.4. The number of hydrogen-bond acceptors (Lipinski definition) is 6. The topological polar surface area (TPSA) is 93.1 Å². The highest BCUT2D eigenvalue weighted by Crippen LogP contribution is 2.35. The molecule has 2 aromatic heterocycles. The average molecular weight is 451 g/mol. The van der Waals surface area contributed by atoms with Gasteiger partial charge < -0.3 is 5.32 Å². The molecular weight excluding hydrogens is 420 g/mol. The van der Waals surface area contributed by atoms with E-state index in [0.717, 1.165) is 55.2 Å². The summed E-state index contributed by atoms with van der Waals surface area (Å²) in [6.45, 7) is 6.68. The summed E-state index contributed by atoms with van der Waals surface area (Å²) in [6.07, 6.45) is 7.21. The molecule has 0 aliphatic heterocycles. The number of carbonyl (C=O) groups excluding carboxylic acids is 2. The zero-order valence-electron chi connectivity index (χ0n) is 17.9. The highest BCUT2D eigenvalue weighted by molar-refractivity contribution is 8.00. The number of aryl methyl sites for hydroxylation is 2. The summed E-state index contributed by atoms with van der Waals surface area (Å²) in [6, 6.07) is -0.510. The molecule has 0 bridgehead atoms. The first-order chi connectivity index (χ1) is 14.5. The summed E-state index contributed by atoms with van der Waals surface area (Å²) in [7, 11) is 0. The Morgan fingerprint density at radius 3 is 2.73 bits per heavy atom. The quantitative estimate of drug-likeness (QED) is 0.362. The van der Waals surface area contributed by atoms with Gasteiger partial charge in [-0.3, -0.25) is 19.5 Å². The van der Waals surface area contributed by atoms with Crippen LogP contribution in [0.5, 0.6) is 0 Å². The van der Waals surface area contributed by atoms with E-state index in [1.165, 1.54) is 22.2 Å². The Morgan fingerprint density at radius 1 is 1.23 bits per heavy atom. The first-order valence-corrected chi connectivity index (χ1v) is 12.5. The monoisotopic (exact) mass is 450 g/mol. The van der Waals surface area contributed by atoms with Crippen LogP contribution in [0.2, 0.25) is 0 Å². The molecule has 3 rings (SSSR count). The number of amides is 3. The van der Waals surface area contributed by atoms with Crippen LogP contribution in [0.1, 0.15) is 63.3 Å². The maximum absolute atomic E-state index is 13.4. The number of nitrogens with one attached hydrogen (secondary N) is 2. The Labute approximate surface area is 185 Å². The molecule has 2 heterocycles. The van der Waals surface area contributed by atoms with Crippen LogP contribution < -0.4 is 16.2 Å². The van der Waals surface area contributed by atoms with Crippen molar-refractivity contribution in [1.29, 1.82) is 0 Å². The number of fused-ring (bicyclic) bond motifs is 3. The van der Waals surface area contributed by atoms with Crippen LogP contribution in [0.4, 0.5) is 4.79 Å². The van der Waals surface area contributed by atoms with Crippen LogP contribution in [0.25, 0.3) is 10.2 Å². The van der Waals surface area contributed by atoms with Crippen molar-refractivity contribution in [3.05, 3.63) is 20.8 Å². The number of thiophene rings is 1. The molecule has 7 nitrogen and oxygen atoms in total. The molecule has 0 saturated heterocycles. The van der Waals surface area contributed by atoms with E-state index in [1.807, 2.05) is 0 Å². The molecular formula is C21H30N4O3S2. The molecule has 0 saturated carbocycles. The molecule has 1 aliphatic carbocycles. The lowest BCUT2D eigenvalue weighted by molar-refractivity contribution is -0.119. The van der Waals surface area contributed by atoms with Crippen molar-refractivity contribution in [1.82, 2.24) is 20.2 Å². The highest BCUT2D eigenvalue weighted by atomic mass is 32.2. The predicted octanol–water partition coefficient (Wildman–Crippen LogP) is 3.85. The summed E-state index contributed by atoms with van der Waals surface area (Å²) in [5.74, 6) is -0.397. The third-order valence-corrected chi connectivity index (χ3v) is 7.53. The molecule has 164 valence electrons. The van der Waals surface area contributed by atoms with Crippen LogP contribution in [-0.4, -0.2) is 33.3 Å². The summed E-state index contributed by atoms with van der Waals surface area (Å²) < 4.78 is 1.74. The van der Waals surface area contributed by atoms with Gasteiger partial charge in [-0.05, 0) is 51.5 Å². The molecule has 3 amide bonds. The zero-order valence-corrected chi connectivity index (χ0v) is 19.5. The number of urea groups is 1. The largest absolute Gasteiger partial charge is 0.338 e. The fourth-order valence-corrected chi connectivity index (χ4v) is 5.89. The number of aromatic nitrogens is 2. The predicted molar refractivity (Wildman–Crippen MR) is 123 cm³/mol. The van der Waals surface area contributed by atoms with Crippen LogP contribution in [0.15, 0.2) is 9.95 Å². The lowest BCUT2D eigenvalue weighted by Gasteiger charge is -2.16. The van der Waals surface area contributed by atoms with E-state index in [-0.39, 0.29) is 5.56 Å². The number of hydrogen-bond donors (Lipinski definition) is 2. The molecule has 9 heteroatoms. The molecule has 2 N–H and O–H groups in total. The standard InChI is InChI=1S/C21H30N4O3S2/c1-4-6-9-12-25-19(27)16-14-10-7-8-11-15(14)30-18(16)24-21(25)29-13(3)17(26)23-20(28)22-5-2/h13H,4-12H2,1-3H3,(H2,22,23,26,28). The normalized spacial score (nSPS) is 14.4. The number of nitrogens with zero attached hydrogens (tertiary/aromatic N) is 2. The Kier molecular flexibility index (Phi) is 7.93. The summed E-state index contributed by atoms with van der Waals surface area (Å²) in [5.41, 5.74) is 1.19. The van der Waals surface area contributed by atoms with Gasteiger partial charge in [0.25, 0.3) is 5.56 Å². The lowest BCUT2D eigenvalue weighted by atomic mass is 9.97. The van der Waals surface area contributed by atoms with E-state index in [2.05, 4.69) is 17.6 Å². The molecule has 1 unspecified atom stereocenters. The second-order valence-electron chi connectivity index (χ2n) is 7.56. The Bertz CT molecular complexity index is 983. The van der Waals surface area contributed by atoms with Gasteiger partial charge in [-0.2, -0.15) is 0 Å². The SMILES string of the molecule is CCCCCn1c(SC(C)C(=O)NC(=O)NCC)nc2sc3c(c2c1=O)CCCC3. The van der Waals surface area contributed by atoms with Crippen LogP contribution in [0.3, 0.4) is 0 Å². The van der Waals surface area contributed by atoms with E-state index in [4.69, 9.17) is 4.98 Å². The average Bonchev–Trinajstić information content (AvgIpc) is 3.08. The van der Waals surface area contributed by atoms with E-state index >= 15 is 0 Å². The van der Waals surface area contributed by atoms with E-state index < -0.39 is 17.2 Å². The van der Waals surface area contributed by atoms with Crippen LogP contribution in [-0.2, 0) is 24.2 Å². The van der Waals surface area contributed by atoms with Crippen molar-refractivity contribution in [2.75, 3.05) is 6.54 Å². The van der Waals surface area contributed by atoms with Crippen molar-refractivity contribution in [2.45, 2.75) is 82.7 Å². The molecule has 0 radical (unpaired) electrons. The van der Waals surface area contributed by atoms with Gasteiger partial charge >= 0.3 is 6.03 Å². The molecule has 2 aromatic rings. The van der Waals surface area contributed by atoms with Gasteiger partial charge in [-0.1, -0.05) is 31.5 Å². The van der Waals surface area contributed by atoms with Gasteiger partial charge in [0.1, 0.15) is 4.83 Å². The van der Waals surface area contributed by atoms with Crippen LogP contribution >= 0.6 is 23.1 Å². The number of imide groups is 1. The number of carbonyl (C=O) groups is 2. The number of thioether (sulfide) groups is 1. The second-order valence-corrected chi connectivity index (χ2v) is 9.95. The Hall–Kier alpha value is -1.87. The summed E-state index contributed by atoms with van der Waals surface area (Å²) in [5, 5.41) is 5.67. The van der Waals surface area contributed by atoms with E-state index in [9.17, 15) is 14.4 Å². The fraction of sp³-hybridized carbons (Fsp3) is 0.619. The van der Waals surface area contributed by atoms with Crippen molar-refractivity contribution < 1.29 is 9.59 Å². The highest BCUT2D eigenvalue weighted by Gasteiger charge is 2.24. The Morgan fingerprint density at radius 2 is 2.00 bits per heavy atom. The van der Waals surface area contributed by atoms with Gasteiger partial charge in [-0.25, -0.2) is 9.78 Å². The third-order valence-electron chi connectivity index (χ3n) is 5.25. The van der Waals surface area contributed by atoms with E-state index in [0.29, 0.717) is 18.2 Å². The van der Waals surface area contributed by atoms with Gasteiger partial charge in [0.05, 0.1) is 10.6 Å². The van der Waals surface area contributed by atoms with Crippen molar-refractivity contribution in [3.63, 3.8) is 0 Å². The van der Waals surface area contributed by atoms with Gasteiger partial charge in [-0.15, -0.1) is 11.3 Å². The maximum atomic E-state index is 13.4. The van der Waals surface area contributed by atoms with Crippen molar-refractivity contribution in [3.8, 4) is 0 Å². The summed E-state index contributed by atoms with van der Waals surface area (Å²) in [4.78, 5) is 44.4. The van der Waals surface area contributed by atoms with Gasteiger partial charge in [0.15, 0.2) is 5.16 Å². The molecule has 0 spiro atoms. The minimum atomic E-state index is -0.552. The molecule has 30 heavy (non-hydrogen) atoms. The third kappa shape index (κ3) is 5.06. The van der Waals surface area contributed by atoms with Gasteiger partial charge in [0, 0.05) is 18.0 Å². The Balaban J connectivity index is 1.93. The minimum absolute atomic E-state index is 0.00865. The van der Waals surface area contributed by atoms with Crippen molar-refractivity contribution >= 4 is 45.3 Å². The zero-order chi connectivity index (χ0) is 21.7. The molecule has 0 fully saturated rings. The molecule has 1 atom stereocenters. The number of unbranched alkanes of at least 4 members (excludes halogenated alkanes) is 2. The molecule has 0 aromatic carbocycles. The fourth-order valence-electron chi connectivity index (χ4n) is 3.66. The smallest absolute Gasteiger partial charge is 0.321 e. The number of rotatable bonds is 8. The first kappa shape index (κ1) is 22.8.